The molecule has 1 atom stereocenters. The normalized spacial score (nSPS) is 12.4. The van der Waals surface area contributed by atoms with Crippen molar-refractivity contribution < 1.29 is 4.39 Å². The Bertz CT molecular complexity index is 414. The zero-order valence-corrected chi connectivity index (χ0v) is 10.5. The molecule has 2 aromatic rings. The molecule has 1 unspecified atom stereocenters. The minimum Gasteiger partial charge on any atom is -0.207 e. The fourth-order valence-corrected chi connectivity index (χ4v) is 2.17. The predicted octanol–water partition coefficient (Wildman–Crippen LogP) is 4.62. The van der Waals surface area contributed by atoms with Crippen molar-refractivity contribution in [2.45, 2.75) is 11.8 Å². The van der Waals surface area contributed by atoms with Gasteiger partial charge in [-0.15, -0.1) is 0 Å². The summed E-state index contributed by atoms with van der Waals surface area (Å²) in [5.74, 6) is -0.202. The van der Waals surface area contributed by atoms with Crippen LogP contribution in [0.3, 0.4) is 0 Å². The molecule has 0 spiro atoms. The monoisotopic (exact) mass is 278 g/mol. The van der Waals surface area contributed by atoms with E-state index in [-0.39, 0.29) is 10.6 Å². The quantitative estimate of drug-likeness (QED) is 0.704. The number of hydrogen-bond acceptors (Lipinski definition) is 0. The van der Waals surface area contributed by atoms with Crippen molar-refractivity contribution in [1.29, 1.82) is 0 Å². The molecule has 0 radical (unpaired) electrons. The maximum Gasteiger partial charge on any atom is 0.123 e. The molecule has 0 aliphatic heterocycles. The van der Waals surface area contributed by atoms with Crippen LogP contribution in [-0.4, -0.2) is 0 Å². The Morgan fingerprint density at radius 2 is 1.31 bits per heavy atom. The van der Waals surface area contributed by atoms with Crippen molar-refractivity contribution in [1.82, 2.24) is 0 Å². The standard InChI is InChI=1S/C14H12BrF/c1-10-2-4-11(5-3-10)14(15)12-6-8-13(16)9-7-12/h2-9,14H,1H3. The van der Waals surface area contributed by atoms with Gasteiger partial charge in [0.05, 0.1) is 4.83 Å². The van der Waals surface area contributed by atoms with Gasteiger partial charge >= 0.3 is 0 Å². The zero-order chi connectivity index (χ0) is 11.5. The number of benzene rings is 2. The first-order valence-corrected chi connectivity index (χ1v) is 6.04. The molecule has 0 heterocycles. The second-order valence-electron chi connectivity index (χ2n) is 3.82. The Balaban J connectivity index is 2.28. The lowest BCUT2D eigenvalue weighted by Gasteiger charge is -2.10. The summed E-state index contributed by atoms with van der Waals surface area (Å²) < 4.78 is 12.8. The summed E-state index contributed by atoms with van der Waals surface area (Å²) in [6.45, 7) is 2.06. The Kier molecular flexibility index (Phi) is 3.39. The second kappa shape index (κ2) is 4.79. The topological polar surface area (TPSA) is 0 Å². The van der Waals surface area contributed by atoms with E-state index in [1.54, 1.807) is 12.1 Å². The molecule has 82 valence electrons. The minimum absolute atomic E-state index is 0.119. The first-order valence-electron chi connectivity index (χ1n) is 5.13. The maximum atomic E-state index is 12.8. The zero-order valence-electron chi connectivity index (χ0n) is 8.95. The molecular weight excluding hydrogens is 267 g/mol. The highest BCUT2D eigenvalue weighted by atomic mass is 79.9. The van der Waals surface area contributed by atoms with Gasteiger partial charge in [0, 0.05) is 0 Å². The van der Waals surface area contributed by atoms with E-state index in [2.05, 4.69) is 47.1 Å². The van der Waals surface area contributed by atoms with Gasteiger partial charge in [-0.05, 0) is 30.2 Å². The molecule has 0 amide bonds. The van der Waals surface area contributed by atoms with E-state index in [9.17, 15) is 4.39 Å². The van der Waals surface area contributed by atoms with Crippen molar-refractivity contribution in [3.8, 4) is 0 Å². The molecule has 16 heavy (non-hydrogen) atoms. The van der Waals surface area contributed by atoms with Gasteiger partial charge in [0.25, 0.3) is 0 Å². The Morgan fingerprint density at radius 1 is 0.875 bits per heavy atom. The summed E-state index contributed by atoms with van der Waals surface area (Å²) in [5, 5.41) is 0. The summed E-state index contributed by atoms with van der Waals surface area (Å²) >= 11 is 3.62. The summed E-state index contributed by atoms with van der Waals surface area (Å²) in [4.78, 5) is 0.119. The van der Waals surface area contributed by atoms with Crippen LogP contribution in [0.25, 0.3) is 0 Å². The first kappa shape index (κ1) is 11.3. The molecular formula is C14H12BrF. The third kappa shape index (κ3) is 2.50. The summed E-state index contributed by atoms with van der Waals surface area (Å²) in [7, 11) is 0. The van der Waals surface area contributed by atoms with Gasteiger partial charge in [-0.1, -0.05) is 57.9 Å². The fraction of sp³-hybridized carbons (Fsp3) is 0.143. The van der Waals surface area contributed by atoms with Gasteiger partial charge in [0.1, 0.15) is 5.82 Å². The van der Waals surface area contributed by atoms with Crippen LogP contribution in [0.1, 0.15) is 21.5 Å². The van der Waals surface area contributed by atoms with E-state index in [0.717, 1.165) is 5.56 Å². The lowest BCUT2D eigenvalue weighted by atomic mass is 10.0. The molecule has 0 N–H and O–H groups in total. The fourth-order valence-electron chi connectivity index (χ4n) is 1.56. The molecule has 2 rings (SSSR count). The number of rotatable bonds is 2. The molecule has 2 heteroatoms. The van der Waals surface area contributed by atoms with Crippen LogP contribution in [0.4, 0.5) is 4.39 Å². The van der Waals surface area contributed by atoms with E-state index in [4.69, 9.17) is 0 Å². The summed E-state index contributed by atoms with van der Waals surface area (Å²) in [5.41, 5.74) is 3.48. The summed E-state index contributed by atoms with van der Waals surface area (Å²) in [6.07, 6.45) is 0. The number of halogens is 2. The molecule has 0 fully saturated rings. The average molecular weight is 279 g/mol. The van der Waals surface area contributed by atoms with Gasteiger partial charge in [-0.25, -0.2) is 4.39 Å². The number of alkyl halides is 1. The second-order valence-corrected chi connectivity index (χ2v) is 4.74. The molecule has 0 aromatic heterocycles. The van der Waals surface area contributed by atoms with E-state index < -0.39 is 0 Å². The number of aryl methyl sites for hydroxylation is 1. The third-order valence-corrected chi connectivity index (χ3v) is 3.59. The highest BCUT2D eigenvalue weighted by molar-refractivity contribution is 9.09. The first-order chi connectivity index (χ1) is 7.66. The minimum atomic E-state index is -0.202. The predicted molar refractivity (Wildman–Crippen MR) is 68.3 cm³/mol. The van der Waals surface area contributed by atoms with E-state index in [1.807, 2.05) is 0 Å². The van der Waals surface area contributed by atoms with Gasteiger partial charge in [-0.3, -0.25) is 0 Å². The van der Waals surface area contributed by atoms with Crippen molar-refractivity contribution in [2.75, 3.05) is 0 Å². The molecule has 0 aliphatic rings. The van der Waals surface area contributed by atoms with E-state index in [0.29, 0.717) is 0 Å². The molecule has 0 saturated heterocycles. The van der Waals surface area contributed by atoms with E-state index in [1.165, 1.54) is 23.3 Å². The van der Waals surface area contributed by atoms with Crippen molar-refractivity contribution in [3.63, 3.8) is 0 Å². The molecule has 0 aliphatic carbocycles. The highest BCUT2D eigenvalue weighted by Gasteiger charge is 2.09. The Labute approximate surface area is 103 Å². The molecule has 2 aromatic carbocycles. The smallest absolute Gasteiger partial charge is 0.123 e. The van der Waals surface area contributed by atoms with Gasteiger partial charge in [0.2, 0.25) is 0 Å². The van der Waals surface area contributed by atoms with Crippen LogP contribution in [0.5, 0.6) is 0 Å². The van der Waals surface area contributed by atoms with Crippen LogP contribution in [0.2, 0.25) is 0 Å². The average Bonchev–Trinajstić information content (AvgIpc) is 2.30. The molecule has 0 bridgehead atoms. The Morgan fingerprint density at radius 3 is 1.81 bits per heavy atom. The van der Waals surface area contributed by atoms with Crippen molar-refractivity contribution >= 4 is 15.9 Å². The van der Waals surface area contributed by atoms with Crippen molar-refractivity contribution in [3.05, 3.63) is 71.0 Å². The SMILES string of the molecule is Cc1ccc(C(Br)c2ccc(F)cc2)cc1. The van der Waals surface area contributed by atoms with Crippen LogP contribution in [0.15, 0.2) is 48.5 Å². The maximum absolute atomic E-state index is 12.8. The van der Waals surface area contributed by atoms with Gasteiger partial charge in [0.15, 0.2) is 0 Å². The van der Waals surface area contributed by atoms with Crippen LogP contribution < -0.4 is 0 Å². The van der Waals surface area contributed by atoms with Crippen LogP contribution in [-0.2, 0) is 0 Å². The summed E-state index contributed by atoms with van der Waals surface area (Å²) in [6, 6.07) is 14.9. The van der Waals surface area contributed by atoms with E-state index >= 15 is 0 Å². The van der Waals surface area contributed by atoms with Crippen LogP contribution in [0, 0.1) is 12.7 Å². The highest BCUT2D eigenvalue weighted by Crippen LogP contribution is 2.30. The van der Waals surface area contributed by atoms with Gasteiger partial charge < -0.3 is 0 Å². The molecule has 0 nitrogen and oxygen atoms in total. The lowest BCUT2D eigenvalue weighted by Crippen LogP contribution is -1.92. The lowest BCUT2D eigenvalue weighted by molar-refractivity contribution is 0.627. The largest absolute Gasteiger partial charge is 0.207 e. The molecule has 0 saturated carbocycles. The Hall–Kier alpha value is -1.15. The van der Waals surface area contributed by atoms with Crippen molar-refractivity contribution in [2.24, 2.45) is 0 Å². The number of hydrogen-bond donors (Lipinski definition) is 0. The van der Waals surface area contributed by atoms with Crippen LogP contribution >= 0.6 is 15.9 Å². The van der Waals surface area contributed by atoms with Gasteiger partial charge in [-0.2, -0.15) is 0 Å². The third-order valence-electron chi connectivity index (χ3n) is 2.53.